The molecule has 18 heavy (non-hydrogen) atoms. The van der Waals surface area contributed by atoms with Crippen LogP contribution in [-0.4, -0.2) is 22.4 Å². The summed E-state index contributed by atoms with van der Waals surface area (Å²) in [6, 6.07) is 8.33. The number of nitrogens with zero attached hydrogens (tertiary/aromatic N) is 3. The Kier molecular flexibility index (Phi) is 3.06. The van der Waals surface area contributed by atoms with Crippen LogP contribution in [0.4, 0.5) is 0 Å². The van der Waals surface area contributed by atoms with E-state index in [1.165, 1.54) is 7.05 Å². The van der Waals surface area contributed by atoms with Gasteiger partial charge < -0.3 is 4.74 Å². The van der Waals surface area contributed by atoms with Crippen LogP contribution in [-0.2, 0) is 11.8 Å². The Morgan fingerprint density at radius 2 is 2.11 bits per heavy atom. The number of nitriles is 1. The highest BCUT2D eigenvalue weighted by molar-refractivity contribution is 6.02. The molecule has 0 saturated carbocycles. The number of esters is 1. The standard InChI is InChI=1S/C12H9N3O3/c1-15-11(16)9-5-3-2-4-8(9)10(14-15)12(17)18-7-6-13/h2-5H,7H2,1H3. The summed E-state index contributed by atoms with van der Waals surface area (Å²) in [5.41, 5.74) is -0.259. The fourth-order valence-electron chi connectivity index (χ4n) is 1.62. The molecule has 1 heterocycles. The van der Waals surface area contributed by atoms with Gasteiger partial charge in [-0.2, -0.15) is 10.4 Å². The molecule has 6 heteroatoms. The van der Waals surface area contributed by atoms with Crippen LogP contribution < -0.4 is 5.56 Å². The molecular weight excluding hydrogens is 234 g/mol. The van der Waals surface area contributed by atoms with Gasteiger partial charge in [0.05, 0.1) is 5.39 Å². The van der Waals surface area contributed by atoms with E-state index in [0.717, 1.165) is 4.68 Å². The van der Waals surface area contributed by atoms with Gasteiger partial charge in [0.15, 0.2) is 12.3 Å². The lowest BCUT2D eigenvalue weighted by Gasteiger charge is -2.06. The third-order valence-electron chi connectivity index (χ3n) is 2.42. The Balaban J connectivity index is 2.65. The van der Waals surface area contributed by atoms with Crippen LogP contribution in [0, 0.1) is 11.3 Å². The largest absolute Gasteiger partial charge is 0.445 e. The van der Waals surface area contributed by atoms with Crippen LogP contribution in [0.15, 0.2) is 29.1 Å². The van der Waals surface area contributed by atoms with Gasteiger partial charge in [0, 0.05) is 12.4 Å². The van der Waals surface area contributed by atoms with Crippen LogP contribution >= 0.6 is 0 Å². The lowest BCUT2D eigenvalue weighted by Crippen LogP contribution is -2.23. The smallest absolute Gasteiger partial charge is 0.360 e. The van der Waals surface area contributed by atoms with Gasteiger partial charge >= 0.3 is 5.97 Å². The Labute approximate surface area is 102 Å². The van der Waals surface area contributed by atoms with Crippen LogP contribution in [0.25, 0.3) is 10.8 Å². The first kappa shape index (κ1) is 11.8. The van der Waals surface area contributed by atoms with Gasteiger partial charge in [-0.25, -0.2) is 9.48 Å². The highest BCUT2D eigenvalue weighted by Crippen LogP contribution is 2.13. The zero-order valence-electron chi connectivity index (χ0n) is 9.58. The molecule has 0 aliphatic rings. The minimum Gasteiger partial charge on any atom is -0.445 e. The van der Waals surface area contributed by atoms with Gasteiger partial charge in [0.25, 0.3) is 5.56 Å². The summed E-state index contributed by atoms with van der Waals surface area (Å²) in [5.74, 6) is -0.719. The van der Waals surface area contributed by atoms with Crippen molar-refractivity contribution in [3.05, 3.63) is 40.3 Å². The average molecular weight is 243 g/mol. The van der Waals surface area contributed by atoms with Crippen molar-refractivity contribution in [1.82, 2.24) is 9.78 Å². The molecule has 0 unspecified atom stereocenters. The molecule has 0 atom stereocenters. The number of carbonyl (C=O) groups excluding carboxylic acids is 1. The molecule has 2 aromatic rings. The van der Waals surface area contributed by atoms with E-state index in [4.69, 9.17) is 10.00 Å². The molecule has 1 aromatic heterocycles. The molecule has 0 amide bonds. The lowest BCUT2D eigenvalue weighted by atomic mass is 10.1. The summed E-state index contributed by atoms with van der Waals surface area (Å²) < 4.78 is 5.78. The molecular formula is C12H9N3O3. The monoisotopic (exact) mass is 243 g/mol. The number of hydrogen-bond acceptors (Lipinski definition) is 5. The molecule has 0 fully saturated rings. The maximum absolute atomic E-state index is 11.8. The van der Waals surface area contributed by atoms with Gasteiger partial charge in [0.2, 0.25) is 0 Å². The van der Waals surface area contributed by atoms with E-state index >= 15 is 0 Å². The maximum Gasteiger partial charge on any atom is 0.360 e. The van der Waals surface area contributed by atoms with E-state index in [1.54, 1.807) is 30.3 Å². The Morgan fingerprint density at radius 1 is 1.44 bits per heavy atom. The quantitative estimate of drug-likeness (QED) is 0.721. The van der Waals surface area contributed by atoms with Crippen molar-refractivity contribution in [2.75, 3.05) is 6.61 Å². The van der Waals surface area contributed by atoms with E-state index in [2.05, 4.69) is 5.10 Å². The molecule has 0 aliphatic heterocycles. The molecule has 0 radical (unpaired) electrons. The van der Waals surface area contributed by atoms with Gasteiger partial charge in [-0.1, -0.05) is 18.2 Å². The topological polar surface area (TPSA) is 85.0 Å². The Morgan fingerprint density at radius 3 is 2.78 bits per heavy atom. The highest BCUT2D eigenvalue weighted by Gasteiger charge is 2.16. The number of aryl methyl sites for hydroxylation is 1. The number of benzene rings is 1. The number of carbonyl (C=O) groups is 1. The van der Waals surface area contributed by atoms with Crippen LogP contribution in [0.5, 0.6) is 0 Å². The molecule has 2 rings (SSSR count). The molecule has 0 N–H and O–H groups in total. The number of rotatable bonds is 2. The lowest BCUT2D eigenvalue weighted by molar-refractivity contribution is 0.0548. The predicted molar refractivity (Wildman–Crippen MR) is 62.9 cm³/mol. The van der Waals surface area contributed by atoms with Crippen molar-refractivity contribution in [3.8, 4) is 6.07 Å². The third kappa shape index (κ3) is 1.94. The van der Waals surface area contributed by atoms with Crippen molar-refractivity contribution in [3.63, 3.8) is 0 Å². The van der Waals surface area contributed by atoms with E-state index in [1.807, 2.05) is 0 Å². The maximum atomic E-state index is 11.8. The molecule has 0 aliphatic carbocycles. The van der Waals surface area contributed by atoms with Crippen molar-refractivity contribution in [1.29, 1.82) is 5.26 Å². The number of fused-ring (bicyclic) bond motifs is 1. The van der Waals surface area contributed by atoms with E-state index in [9.17, 15) is 9.59 Å². The second-order valence-electron chi connectivity index (χ2n) is 3.56. The zero-order valence-corrected chi connectivity index (χ0v) is 9.58. The fourth-order valence-corrected chi connectivity index (χ4v) is 1.62. The van der Waals surface area contributed by atoms with Gasteiger partial charge in [-0.3, -0.25) is 4.79 Å². The Hall–Kier alpha value is -2.68. The van der Waals surface area contributed by atoms with Gasteiger partial charge in [-0.05, 0) is 6.07 Å². The summed E-state index contributed by atoms with van der Waals surface area (Å²) >= 11 is 0. The highest BCUT2D eigenvalue weighted by atomic mass is 16.5. The average Bonchev–Trinajstić information content (AvgIpc) is 2.40. The van der Waals surface area contributed by atoms with Crippen molar-refractivity contribution in [2.45, 2.75) is 0 Å². The number of hydrogen-bond donors (Lipinski definition) is 0. The molecule has 90 valence electrons. The van der Waals surface area contributed by atoms with E-state index < -0.39 is 5.97 Å². The number of aromatic nitrogens is 2. The predicted octanol–water partition coefficient (Wildman–Crippen LogP) is 0.614. The Bertz CT molecular complexity index is 713. The SMILES string of the molecule is Cn1nc(C(=O)OCC#N)c2ccccc2c1=O. The first-order valence-corrected chi connectivity index (χ1v) is 5.15. The molecule has 1 aromatic carbocycles. The minimum atomic E-state index is -0.719. The van der Waals surface area contributed by atoms with Crippen molar-refractivity contribution >= 4 is 16.7 Å². The van der Waals surface area contributed by atoms with Crippen LogP contribution in [0.3, 0.4) is 0 Å². The van der Waals surface area contributed by atoms with Crippen molar-refractivity contribution < 1.29 is 9.53 Å². The summed E-state index contributed by atoms with van der Waals surface area (Å²) in [5, 5.41) is 13.1. The third-order valence-corrected chi connectivity index (χ3v) is 2.42. The van der Waals surface area contributed by atoms with Crippen LogP contribution in [0.1, 0.15) is 10.5 Å². The molecule has 0 saturated heterocycles. The first-order chi connectivity index (χ1) is 8.65. The minimum absolute atomic E-state index is 0.0305. The normalized spacial score (nSPS) is 10.0. The second kappa shape index (κ2) is 4.67. The summed E-state index contributed by atoms with van der Waals surface area (Å²) in [7, 11) is 1.45. The first-order valence-electron chi connectivity index (χ1n) is 5.15. The zero-order chi connectivity index (χ0) is 13.1. The summed E-state index contributed by atoms with van der Waals surface area (Å²) in [4.78, 5) is 23.5. The van der Waals surface area contributed by atoms with E-state index in [-0.39, 0.29) is 17.9 Å². The second-order valence-corrected chi connectivity index (χ2v) is 3.56. The van der Waals surface area contributed by atoms with E-state index in [0.29, 0.717) is 10.8 Å². The van der Waals surface area contributed by atoms with Crippen molar-refractivity contribution in [2.24, 2.45) is 7.05 Å². The molecule has 0 spiro atoms. The number of ether oxygens (including phenoxy) is 1. The van der Waals surface area contributed by atoms with Gasteiger partial charge in [-0.15, -0.1) is 0 Å². The fraction of sp³-hybridized carbons (Fsp3) is 0.167. The molecule has 6 nitrogen and oxygen atoms in total. The molecule has 0 bridgehead atoms. The summed E-state index contributed by atoms with van der Waals surface area (Å²) in [6.07, 6.45) is 0. The van der Waals surface area contributed by atoms with Gasteiger partial charge in [0.1, 0.15) is 6.07 Å². The van der Waals surface area contributed by atoms with Crippen LogP contribution in [0.2, 0.25) is 0 Å². The summed E-state index contributed by atoms with van der Waals surface area (Å²) in [6.45, 7) is -0.350.